The summed E-state index contributed by atoms with van der Waals surface area (Å²) in [5.41, 5.74) is -0.353. The molecule has 0 aromatic carbocycles. The number of hydrogen-bond acceptors (Lipinski definition) is 1. The van der Waals surface area contributed by atoms with Crippen LogP contribution in [0, 0.1) is 10.8 Å². The molecule has 2 aliphatic rings. The summed E-state index contributed by atoms with van der Waals surface area (Å²) in [4.78, 5) is 12.7. The van der Waals surface area contributed by atoms with Gasteiger partial charge in [0.1, 0.15) is 0 Å². The van der Waals surface area contributed by atoms with Gasteiger partial charge in [0.15, 0.2) is 5.78 Å². The molecule has 2 saturated carbocycles. The number of Topliss-reactive ketones (excluding diaryl/α,β-unsaturated/α-hetero) is 1. The standard InChI is InChI=1S/C10H12Br4O/c1-8-3-4-10(14,5(8)11)6(15)9(8,2)7(12)13/h5,7H,3-4H2,1-2H3/t5-,8-,9+,10-/m0/s1. The SMILES string of the molecule is C[C@@]12CC[C@@](Br)(C(=O)[C@]1(C)C(Br)Br)[C@H]2Br. The number of halogens is 4. The Morgan fingerprint density at radius 3 is 2.13 bits per heavy atom. The van der Waals surface area contributed by atoms with Crippen molar-refractivity contribution in [1.29, 1.82) is 0 Å². The second-order valence-corrected chi connectivity index (χ2v) is 10.4. The molecule has 5 heteroatoms. The Kier molecular flexibility index (Phi) is 3.08. The lowest BCUT2D eigenvalue weighted by Gasteiger charge is -2.43. The van der Waals surface area contributed by atoms with Gasteiger partial charge in [-0.05, 0) is 18.3 Å². The lowest BCUT2D eigenvalue weighted by molar-refractivity contribution is -0.131. The molecular formula is C10H12Br4O. The van der Waals surface area contributed by atoms with E-state index in [1.807, 2.05) is 0 Å². The summed E-state index contributed by atoms with van der Waals surface area (Å²) in [6, 6.07) is 0. The van der Waals surface area contributed by atoms with E-state index in [4.69, 9.17) is 0 Å². The van der Waals surface area contributed by atoms with Gasteiger partial charge < -0.3 is 0 Å². The van der Waals surface area contributed by atoms with Crippen LogP contribution in [0.2, 0.25) is 0 Å². The fourth-order valence-corrected chi connectivity index (χ4v) is 6.71. The average Bonchev–Trinajstić information content (AvgIpc) is 2.46. The minimum atomic E-state index is -0.365. The van der Waals surface area contributed by atoms with Crippen LogP contribution in [0.1, 0.15) is 26.7 Å². The topological polar surface area (TPSA) is 17.1 Å². The van der Waals surface area contributed by atoms with Crippen molar-refractivity contribution in [2.24, 2.45) is 10.8 Å². The van der Waals surface area contributed by atoms with Gasteiger partial charge in [-0.15, -0.1) is 0 Å². The van der Waals surface area contributed by atoms with Crippen LogP contribution in [0.25, 0.3) is 0 Å². The summed E-state index contributed by atoms with van der Waals surface area (Å²) in [6.07, 6.45) is 2.00. The highest BCUT2D eigenvalue weighted by molar-refractivity contribution is 9.24. The quantitative estimate of drug-likeness (QED) is 0.523. The molecule has 0 aromatic rings. The Morgan fingerprint density at radius 2 is 1.87 bits per heavy atom. The second kappa shape index (κ2) is 3.55. The lowest BCUT2D eigenvalue weighted by Crippen LogP contribution is -2.47. The summed E-state index contributed by atoms with van der Waals surface area (Å²) < 4.78 is -0.342. The molecule has 2 bridgehead atoms. The highest BCUT2D eigenvalue weighted by Gasteiger charge is 2.75. The van der Waals surface area contributed by atoms with Crippen molar-refractivity contribution in [2.75, 3.05) is 0 Å². The molecule has 0 saturated heterocycles. The minimum absolute atomic E-state index is 0.00521. The molecule has 86 valence electrons. The maximum Gasteiger partial charge on any atom is 0.159 e. The Labute approximate surface area is 124 Å². The van der Waals surface area contributed by atoms with Gasteiger partial charge in [0.25, 0.3) is 0 Å². The summed E-state index contributed by atoms with van der Waals surface area (Å²) in [7, 11) is 0. The zero-order valence-electron chi connectivity index (χ0n) is 8.49. The van der Waals surface area contributed by atoms with Crippen molar-refractivity contribution in [3.8, 4) is 0 Å². The molecular weight excluding hydrogens is 456 g/mol. The minimum Gasteiger partial charge on any atom is -0.297 e. The van der Waals surface area contributed by atoms with Crippen LogP contribution in [0.5, 0.6) is 0 Å². The van der Waals surface area contributed by atoms with Gasteiger partial charge in [0.2, 0.25) is 0 Å². The van der Waals surface area contributed by atoms with Gasteiger partial charge in [-0.2, -0.15) is 0 Å². The van der Waals surface area contributed by atoms with Crippen LogP contribution in [0.15, 0.2) is 0 Å². The van der Waals surface area contributed by atoms with E-state index >= 15 is 0 Å². The fraction of sp³-hybridized carbons (Fsp3) is 0.900. The Balaban J connectivity index is 2.59. The lowest BCUT2D eigenvalue weighted by atomic mass is 9.65. The Hall–Kier alpha value is 1.59. The van der Waals surface area contributed by atoms with Crippen LogP contribution in [-0.2, 0) is 4.79 Å². The third-order valence-corrected chi connectivity index (χ3v) is 9.89. The molecule has 2 fully saturated rings. The van der Waals surface area contributed by atoms with Crippen molar-refractivity contribution < 1.29 is 4.79 Å². The maximum atomic E-state index is 12.5. The first-order valence-corrected chi connectivity index (χ1v) is 8.41. The van der Waals surface area contributed by atoms with E-state index in [-0.39, 0.29) is 23.7 Å². The molecule has 2 rings (SSSR count). The third kappa shape index (κ3) is 1.27. The third-order valence-electron chi connectivity index (χ3n) is 4.44. The number of alkyl halides is 4. The van der Waals surface area contributed by atoms with E-state index in [1.54, 1.807) is 0 Å². The van der Waals surface area contributed by atoms with Crippen LogP contribution >= 0.6 is 63.7 Å². The molecule has 2 aliphatic carbocycles. The molecule has 1 nitrogen and oxygen atoms in total. The summed E-state index contributed by atoms with van der Waals surface area (Å²) in [5, 5.41) is 0. The molecule has 0 spiro atoms. The van der Waals surface area contributed by atoms with Crippen molar-refractivity contribution in [3.63, 3.8) is 0 Å². The van der Waals surface area contributed by atoms with Crippen molar-refractivity contribution in [3.05, 3.63) is 0 Å². The van der Waals surface area contributed by atoms with Gasteiger partial charge in [-0.3, -0.25) is 4.79 Å². The van der Waals surface area contributed by atoms with Gasteiger partial charge >= 0.3 is 0 Å². The first-order valence-electron chi connectivity index (χ1n) is 4.87. The highest BCUT2D eigenvalue weighted by atomic mass is 79.9. The predicted octanol–water partition coefficient (Wildman–Crippen LogP) is 4.39. The van der Waals surface area contributed by atoms with E-state index in [9.17, 15) is 4.79 Å². The first-order chi connectivity index (χ1) is 6.71. The smallest absolute Gasteiger partial charge is 0.159 e. The van der Waals surface area contributed by atoms with Crippen LogP contribution in [-0.4, -0.2) is 18.7 Å². The van der Waals surface area contributed by atoms with Crippen LogP contribution < -0.4 is 0 Å². The van der Waals surface area contributed by atoms with Crippen molar-refractivity contribution >= 4 is 69.5 Å². The van der Waals surface area contributed by atoms with Gasteiger partial charge in [0.05, 0.1) is 13.5 Å². The first kappa shape index (κ1) is 13.0. The Bertz CT molecular complexity index is 331. The second-order valence-electron chi connectivity index (χ2n) is 4.97. The molecule has 0 aromatic heterocycles. The molecule has 0 N–H and O–H groups in total. The monoisotopic (exact) mass is 464 g/mol. The van der Waals surface area contributed by atoms with Crippen LogP contribution in [0.4, 0.5) is 0 Å². The summed E-state index contributed by atoms with van der Waals surface area (Å²) in [5.74, 6) is 0.310. The van der Waals surface area contributed by atoms with Crippen LogP contribution in [0.3, 0.4) is 0 Å². The zero-order chi connectivity index (χ0) is 11.6. The Morgan fingerprint density at radius 1 is 1.33 bits per heavy atom. The van der Waals surface area contributed by atoms with Gasteiger partial charge in [0, 0.05) is 4.83 Å². The number of rotatable bonds is 1. The molecule has 0 unspecified atom stereocenters. The summed E-state index contributed by atoms with van der Waals surface area (Å²) >= 11 is 14.5. The molecule has 15 heavy (non-hydrogen) atoms. The number of ketones is 1. The van der Waals surface area contributed by atoms with Crippen molar-refractivity contribution in [1.82, 2.24) is 0 Å². The van der Waals surface area contributed by atoms with E-state index in [0.717, 1.165) is 12.8 Å². The zero-order valence-corrected chi connectivity index (χ0v) is 14.8. The normalized spacial score (nSPS) is 54.3. The molecule has 0 radical (unpaired) electrons. The number of hydrogen-bond donors (Lipinski definition) is 0. The highest BCUT2D eigenvalue weighted by Crippen LogP contribution is 2.71. The van der Waals surface area contributed by atoms with Crippen molar-refractivity contribution in [2.45, 2.75) is 39.6 Å². The van der Waals surface area contributed by atoms with Gasteiger partial charge in [-0.1, -0.05) is 77.6 Å². The number of carbonyl (C=O) groups is 1. The van der Waals surface area contributed by atoms with E-state index in [0.29, 0.717) is 5.78 Å². The van der Waals surface area contributed by atoms with E-state index < -0.39 is 0 Å². The number of fused-ring (bicyclic) bond motifs is 2. The molecule has 4 atom stereocenters. The molecule has 0 heterocycles. The molecule has 0 amide bonds. The summed E-state index contributed by atoms with van der Waals surface area (Å²) in [6.45, 7) is 4.26. The average molecular weight is 468 g/mol. The van der Waals surface area contributed by atoms with E-state index in [2.05, 4.69) is 77.6 Å². The predicted molar refractivity (Wildman–Crippen MR) is 76.5 cm³/mol. The molecule has 0 aliphatic heterocycles. The number of carbonyl (C=O) groups excluding carboxylic acids is 1. The van der Waals surface area contributed by atoms with Gasteiger partial charge in [-0.25, -0.2) is 0 Å². The van der Waals surface area contributed by atoms with E-state index in [1.165, 1.54) is 0 Å². The maximum absolute atomic E-state index is 12.5. The largest absolute Gasteiger partial charge is 0.297 e. The fourth-order valence-electron chi connectivity index (χ4n) is 2.99.